The van der Waals surface area contributed by atoms with Crippen LogP contribution >= 0.6 is 0 Å². The molecular formula is C19H22N4O2. The Hall–Kier alpha value is -2.73. The molecule has 1 unspecified atom stereocenters. The largest absolute Gasteiger partial charge is 0.478 e. The van der Waals surface area contributed by atoms with E-state index in [1.54, 1.807) is 18.5 Å². The molecule has 0 aliphatic carbocycles. The molecule has 0 bridgehead atoms. The maximum atomic E-state index is 10.7. The van der Waals surface area contributed by atoms with Crippen LogP contribution in [0.1, 0.15) is 12.0 Å². The zero-order valence-electron chi connectivity index (χ0n) is 14.5. The molecule has 2 aromatic rings. The predicted octanol–water partition coefficient (Wildman–Crippen LogP) is 2.38. The molecule has 1 atom stereocenters. The van der Waals surface area contributed by atoms with Gasteiger partial charge in [0.05, 0.1) is 18.1 Å². The number of nitrogens with zero attached hydrogens (tertiary/aromatic N) is 4. The third-order valence-corrected chi connectivity index (χ3v) is 4.44. The van der Waals surface area contributed by atoms with Crippen molar-refractivity contribution in [1.82, 2.24) is 14.9 Å². The first-order chi connectivity index (χ1) is 12.0. The second-order valence-corrected chi connectivity index (χ2v) is 6.41. The predicted molar refractivity (Wildman–Crippen MR) is 98.4 cm³/mol. The highest BCUT2D eigenvalue weighted by atomic mass is 16.4. The molecule has 1 saturated heterocycles. The molecule has 6 nitrogen and oxygen atoms in total. The van der Waals surface area contributed by atoms with Gasteiger partial charge in [-0.2, -0.15) is 0 Å². The lowest BCUT2D eigenvalue weighted by molar-refractivity contribution is -0.131. The lowest BCUT2D eigenvalue weighted by atomic mass is 10.1. The van der Waals surface area contributed by atoms with Crippen LogP contribution in [0, 0.1) is 0 Å². The summed E-state index contributed by atoms with van der Waals surface area (Å²) in [6, 6.07) is 8.17. The van der Waals surface area contributed by atoms with E-state index in [-0.39, 0.29) is 0 Å². The smallest absolute Gasteiger partial charge is 0.328 e. The number of hydrogen-bond acceptors (Lipinski definition) is 5. The Morgan fingerprint density at radius 2 is 2.20 bits per heavy atom. The third kappa shape index (κ3) is 4.22. The maximum absolute atomic E-state index is 10.7. The molecule has 1 aliphatic rings. The number of benzene rings is 1. The van der Waals surface area contributed by atoms with E-state index in [2.05, 4.69) is 28.9 Å². The van der Waals surface area contributed by atoms with Crippen LogP contribution in [0.5, 0.6) is 0 Å². The lowest BCUT2D eigenvalue weighted by Crippen LogP contribution is -2.31. The fraction of sp³-hybridized carbons (Fsp3) is 0.316. The summed E-state index contributed by atoms with van der Waals surface area (Å²) < 4.78 is 0. The monoisotopic (exact) mass is 338 g/mol. The summed E-state index contributed by atoms with van der Waals surface area (Å²) in [4.78, 5) is 24.3. The number of likely N-dealkylation sites (N-methyl/N-ethyl adjacent to an activating group) is 1. The fourth-order valence-corrected chi connectivity index (χ4v) is 2.99. The first-order valence-electron chi connectivity index (χ1n) is 8.28. The standard InChI is InChI=1S/C19H22N4O2/c1-22(2)16-8-9-23(13-16)18-12-20-11-17(21-18)15-5-3-4-14(10-15)6-7-19(24)25/h3-7,10-12,16H,8-9,13H2,1-2H3,(H,24,25)/b7-6+. The van der Waals surface area contributed by atoms with Crippen LogP contribution < -0.4 is 4.90 Å². The number of anilines is 1. The zero-order valence-corrected chi connectivity index (χ0v) is 14.5. The Morgan fingerprint density at radius 1 is 1.36 bits per heavy atom. The minimum atomic E-state index is -0.961. The van der Waals surface area contributed by atoms with Gasteiger partial charge in [0.1, 0.15) is 5.82 Å². The molecule has 2 heterocycles. The molecule has 0 spiro atoms. The summed E-state index contributed by atoms with van der Waals surface area (Å²) in [6.07, 6.45) is 7.37. The molecule has 1 fully saturated rings. The average Bonchev–Trinajstić information content (AvgIpc) is 3.11. The first-order valence-corrected chi connectivity index (χ1v) is 8.28. The van der Waals surface area contributed by atoms with Crippen molar-refractivity contribution in [3.8, 4) is 11.3 Å². The van der Waals surface area contributed by atoms with Gasteiger partial charge >= 0.3 is 5.97 Å². The Labute approximate surface area is 147 Å². The fourth-order valence-electron chi connectivity index (χ4n) is 2.99. The molecule has 6 heteroatoms. The highest BCUT2D eigenvalue weighted by Gasteiger charge is 2.25. The van der Waals surface area contributed by atoms with Crippen LogP contribution in [-0.4, -0.2) is 59.2 Å². The summed E-state index contributed by atoms with van der Waals surface area (Å²) in [5.41, 5.74) is 2.53. The van der Waals surface area contributed by atoms with E-state index < -0.39 is 5.97 Å². The van der Waals surface area contributed by atoms with Gasteiger partial charge in [-0.25, -0.2) is 9.78 Å². The second kappa shape index (κ2) is 7.44. The molecule has 3 rings (SSSR count). The third-order valence-electron chi connectivity index (χ3n) is 4.44. The van der Waals surface area contributed by atoms with Crippen LogP contribution in [0.3, 0.4) is 0 Å². The molecule has 130 valence electrons. The highest BCUT2D eigenvalue weighted by molar-refractivity contribution is 5.85. The van der Waals surface area contributed by atoms with Gasteiger partial charge in [-0.15, -0.1) is 0 Å². The van der Waals surface area contributed by atoms with Crippen molar-refractivity contribution in [1.29, 1.82) is 0 Å². The number of hydrogen-bond donors (Lipinski definition) is 1. The molecule has 1 aliphatic heterocycles. The van der Waals surface area contributed by atoms with Gasteiger partial charge in [-0.1, -0.05) is 18.2 Å². The Bertz CT molecular complexity index is 788. The van der Waals surface area contributed by atoms with Gasteiger partial charge in [0, 0.05) is 30.8 Å². The Kier molecular flexibility index (Phi) is 5.09. The topological polar surface area (TPSA) is 69.6 Å². The quantitative estimate of drug-likeness (QED) is 0.844. The average molecular weight is 338 g/mol. The van der Waals surface area contributed by atoms with Gasteiger partial charge < -0.3 is 14.9 Å². The minimum absolute atomic E-state index is 0.537. The Balaban J connectivity index is 1.82. The number of aliphatic carboxylic acids is 1. The van der Waals surface area contributed by atoms with E-state index >= 15 is 0 Å². The molecule has 1 aromatic heterocycles. The van der Waals surface area contributed by atoms with Crippen molar-refractivity contribution in [3.05, 3.63) is 48.3 Å². The number of rotatable bonds is 5. The summed E-state index contributed by atoms with van der Waals surface area (Å²) in [5.74, 6) is -0.0787. The number of carboxylic acid groups (broad SMARTS) is 1. The van der Waals surface area contributed by atoms with Crippen LogP contribution in [0.2, 0.25) is 0 Å². The number of carbonyl (C=O) groups is 1. The number of carboxylic acids is 1. The second-order valence-electron chi connectivity index (χ2n) is 6.41. The van der Waals surface area contributed by atoms with Gasteiger partial charge in [0.15, 0.2) is 0 Å². The van der Waals surface area contributed by atoms with Gasteiger partial charge in [0.2, 0.25) is 0 Å². The van der Waals surface area contributed by atoms with Crippen molar-refractivity contribution in [2.75, 3.05) is 32.1 Å². The lowest BCUT2D eigenvalue weighted by Gasteiger charge is -2.21. The molecule has 1 N–H and O–H groups in total. The van der Waals surface area contributed by atoms with E-state index in [9.17, 15) is 4.79 Å². The van der Waals surface area contributed by atoms with E-state index in [1.165, 1.54) is 0 Å². The molecule has 0 saturated carbocycles. The summed E-state index contributed by atoms with van der Waals surface area (Å²) in [5, 5.41) is 8.76. The Morgan fingerprint density at radius 3 is 2.92 bits per heavy atom. The van der Waals surface area contributed by atoms with Crippen LogP contribution in [0.15, 0.2) is 42.7 Å². The SMILES string of the molecule is CN(C)C1CCN(c2cncc(-c3cccc(/C=C/C(=O)O)c3)n2)C1. The minimum Gasteiger partial charge on any atom is -0.478 e. The normalized spacial score (nSPS) is 17.6. The summed E-state index contributed by atoms with van der Waals surface area (Å²) in [6.45, 7) is 1.93. The molecule has 1 aromatic carbocycles. The van der Waals surface area contributed by atoms with Crippen molar-refractivity contribution < 1.29 is 9.90 Å². The molecular weight excluding hydrogens is 316 g/mol. The van der Waals surface area contributed by atoms with Crippen molar-refractivity contribution in [3.63, 3.8) is 0 Å². The number of aromatic nitrogens is 2. The summed E-state index contributed by atoms with van der Waals surface area (Å²) in [7, 11) is 4.21. The summed E-state index contributed by atoms with van der Waals surface area (Å²) >= 11 is 0. The van der Waals surface area contributed by atoms with Crippen molar-refractivity contribution in [2.45, 2.75) is 12.5 Å². The van der Waals surface area contributed by atoms with Crippen LogP contribution in [0.4, 0.5) is 5.82 Å². The van der Waals surface area contributed by atoms with Crippen LogP contribution in [0.25, 0.3) is 17.3 Å². The van der Waals surface area contributed by atoms with E-state index in [4.69, 9.17) is 10.1 Å². The molecule has 0 radical (unpaired) electrons. The zero-order chi connectivity index (χ0) is 17.8. The molecule has 25 heavy (non-hydrogen) atoms. The van der Waals surface area contributed by atoms with Gasteiger partial charge in [-0.3, -0.25) is 4.98 Å². The van der Waals surface area contributed by atoms with Gasteiger partial charge in [0.25, 0.3) is 0 Å². The van der Waals surface area contributed by atoms with E-state index in [0.717, 1.165) is 48.2 Å². The van der Waals surface area contributed by atoms with Crippen molar-refractivity contribution in [2.24, 2.45) is 0 Å². The first kappa shape index (κ1) is 17.1. The highest BCUT2D eigenvalue weighted by Crippen LogP contribution is 2.24. The maximum Gasteiger partial charge on any atom is 0.328 e. The van der Waals surface area contributed by atoms with Crippen molar-refractivity contribution >= 4 is 17.9 Å². The van der Waals surface area contributed by atoms with Crippen LogP contribution in [-0.2, 0) is 4.79 Å². The van der Waals surface area contributed by atoms with Gasteiger partial charge in [-0.05, 0) is 38.2 Å². The van der Waals surface area contributed by atoms with E-state index in [1.807, 2.05) is 24.3 Å². The molecule has 0 amide bonds. The van der Waals surface area contributed by atoms with E-state index in [0.29, 0.717) is 6.04 Å².